The molecule has 0 heterocycles. The molecule has 0 aliphatic heterocycles. The maximum absolute atomic E-state index is 11.9. The van der Waals surface area contributed by atoms with Crippen LogP contribution in [-0.4, -0.2) is 16.7 Å². The fourth-order valence-corrected chi connectivity index (χ4v) is 1.86. The monoisotopic (exact) mass is 282 g/mol. The van der Waals surface area contributed by atoms with Crippen molar-refractivity contribution in [2.75, 3.05) is 0 Å². The Morgan fingerprint density at radius 3 is 2.19 bits per heavy atom. The predicted molar refractivity (Wildman–Crippen MR) is 83.6 cm³/mol. The first-order chi connectivity index (χ1) is 10.1. The van der Waals surface area contributed by atoms with Gasteiger partial charge in [-0.15, -0.1) is 0 Å². The summed E-state index contributed by atoms with van der Waals surface area (Å²) in [5.74, 6) is -0.179. The highest BCUT2D eigenvalue weighted by Crippen LogP contribution is 2.10. The van der Waals surface area contributed by atoms with Crippen molar-refractivity contribution in [3.8, 4) is 5.75 Å². The van der Waals surface area contributed by atoms with Gasteiger partial charge in [-0.25, -0.2) is 5.43 Å². The Morgan fingerprint density at radius 1 is 1.05 bits per heavy atom. The van der Waals surface area contributed by atoms with E-state index >= 15 is 0 Å². The molecular formula is C17H18N2O2. The van der Waals surface area contributed by atoms with Crippen LogP contribution >= 0.6 is 0 Å². The van der Waals surface area contributed by atoms with Crippen molar-refractivity contribution in [3.05, 3.63) is 65.2 Å². The lowest BCUT2D eigenvalue weighted by Crippen LogP contribution is -2.19. The van der Waals surface area contributed by atoms with Crippen LogP contribution < -0.4 is 5.43 Å². The highest BCUT2D eigenvalue weighted by atomic mass is 16.3. The Balaban J connectivity index is 2.05. The largest absolute Gasteiger partial charge is 0.508 e. The summed E-state index contributed by atoms with van der Waals surface area (Å²) in [5, 5.41) is 13.3. The number of rotatable bonds is 4. The lowest BCUT2D eigenvalue weighted by atomic mass is 10.1. The van der Waals surface area contributed by atoms with Gasteiger partial charge >= 0.3 is 0 Å². The van der Waals surface area contributed by atoms with Crippen molar-refractivity contribution in [1.82, 2.24) is 5.43 Å². The van der Waals surface area contributed by atoms with Gasteiger partial charge in [-0.2, -0.15) is 5.10 Å². The zero-order chi connectivity index (χ0) is 15.2. The second-order valence-electron chi connectivity index (χ2n) is 4.74. The average Bonchev–Trinajstić information content (AvgIpc) is 2.53. The van der Waals surface area contributed by atoms with Gasteiger partial charge in [-0.1, -0.05) is 31.2 Å². The molecule has 4 heteroatoms. The molecular weight excluding hydrogens is 264 g/mol. The number of carbonyl (C=O) groups excluding carboxylic acids is 1. The molecule has 0 aliphatic carbocycles. The van der Waals surface area contributed by atoms with Gasteiger partial charge in [0.05, 0.1) is 5.71 Å². The quantitative estimate of drug-likeness (QED) is 0.668. The molecule has 2 aromatic carbocycles. The first-order valence-corrected chi connectivity index (χ1v) is 6.83. The fourth-order valence-electron chi connectivity index (χ4n) is 1.86. The molecule has 1 amide bonds. The summed E-state index contributed by atoms with van der Waals surface area (Å²) < 4.78 is 0. The van der Waals surface area contributed by atoms with E-state index in [9.17, 15) is 9.90 Å². The number of phenols is 1. The molecule has 4 nitrogen and oxygen atoms in total. The van der Waals surface area contributed by atoms with Crippen molar-refractivity contribution in [3.63, 3.8) is 0 Å². The molecule has 2 N–H and O–H groups in total. The van der Waals surface area contributed by atoms with E-state index in [1.807, 2.05) is 19.1 Å². The third kappa shape index (κ3) is 3.92. The Morgan fingerprint density at radius 2 is 1.62 bits per heavy atom. The van der Waals surface area contributed by atoms with Crippen molar-refractivity contribution < 1.29 is 9.90 Å². The van der Waals surface area contributed by atoms with Crippen molar-refractivity contribution >= 4 is 11.6 Å². The zero-order valence-corrected chi connectivity index (χ0v) is 12.1. The third-order valence-electron chi connectivity index (χ3n) is 3.23. The summed E-state index contributed by atoms with van der Waals surface area (Å²) in [5.41, 5.74) is 5.94. The second-order valence-corrected chi connectivity index (χ2v) is 4.74. The van der Waals surface area contributed by atoms with Crippen LogP contribution in [0.3, 0.4) is 0 Å². The molecule has 0 bridgehead atoms. The van der Waals surface area contributed by atoms with Crippen molar-refractivity contribution in [2.24, 2.45) is 5.10 Å². The molecule has 2 rings (SSSR count). The number of hydrogen-bond donors (Lipinski definition) is 2. The molecule has 108 valence electrons. The Labute approximate surface area is 124 Å². The van der Waals surface area contributed by atoms with Gasteiger partial charge < -0.3 is 5.11 Å². The van der Waals surface area contributed by atoms with Gasteiger partial charge in [0.1, 0.15) is 5.75 Å². The van der Waals surface area contributed by atoms with E-state index in [1.54, 1.807) is 12.1 Å². The van der Waals surface area contributed by atoms with Crippen LogP contribution in [0.2, 0.25) is 0 Å². The summed E-state index contributed by atoms with van der Waals surface area (Å²) in [4.78, 5) is 11.9. The van der Waals surface area contributed by atoms with Gasteiger partial charge in [0.15, 0.2) is 0 Å². The van der Waals surface area contributed by atoms with E-state index < -0.39 is 0 Å². The van der Waals surface area contributed by atoms with Crippen LogP contribution in [0.4, 0.5) is 0 Å². The number of nitrogens with one attached hydrogen (secondary N) is 1. The number of aromatic hydroxyl groups is 1. The number of benzene rings is 2. The fraction of sp³-hybridized carbons (Fsp3) is 0.176. The van der Waals surface area contributed by atoms with Crippen molar-refractivity contribution in [1.29, 1.82) is 0 Å². The van der Waals surface area contributed by atoms with Gasteiger partial charge in [0.2, 0.25) is 0 Å². The number of amides is 1. The van der Waals surface area contributed by atoms with Gasteiger partial charge in [-0.05, 0) is 48.7 Å². The highest BCUT2D eigenvalue weighted by molar-refractivity contribution is 6.00. The minimum atomic E-state index is -0.306. The standard InChI is InChI=1S/C17H18N2O2/c1-3-13-4-6-14(7-5-13)12(2)18-19-17(21)15-8-10-16(20)11-9-15/h4-11,20H,3H2,1-2H3,(H,19,21). The molecule has 2 aromatic rings. The molecule has 0 saturated carbocycles. The number of carbonyl (C=O) groups is 1. The predicted octanol–water partition coefficient (Wildman–Crippen LogP) is 3.11. The van der Waals surface area contributed by atoms with E-state index in [0.717, 1.165) is 17.7 Å². The van der Waals surface area contributed by atoms with Crippen LogP contribution in [0.1, 0.15) is 35.3 Å². The first kappa shape index (κ1) is 14.8. The molecule has 0 saturated heterocycles. The van der Waals surface area contributed by atoms with Crippen LogP contribution in [0.25, 0.3) is 0 Å². The highest BCUT2D eigenvalue weighted by Gasteiger charge is 2.04. The average molecular weight is 282 g/mol. The number of hydrazone groups is 1. The number of nitrogens with zero attached hydrogens (tertiary/aromatic N) is 1. The topological polar surface area (TPSA) is 61.7 Å². The maximum Gasteiger partial charge on any atom is 0.271 e. The third-order valence-corrected chi connectivity index (χ3v) is 3.23. The first-order valence-electron chi connectivity index (χ1n) is 6.83. The van der Waals surface area contributed by atoms with Gasteiger partial charge in [0.25, 0.3) is 5.91 Å². The smallest absolute Gasteiger partial charge is 0.271 e. The minimum Gasteiger partial charge on any atom is -0.508 e. The molecule has 0 fully saturated rings. The van der Waals surface area contributed by atoms with E-state index in [4.69, 9.17) is 0 Å². The van der Waals surface area contributed by atoms with Crippen LogP contribution in [0.5, 0.6) is 5.75 Å². The minimum absolute atomic E-state index is 0.127. The van der Waals surface area contributed by atoms with E-state index in [0.29, 0.717) is 5.56 Å². The Bertz CT molecular complexity index is 643. The van der Waals surface area contributed by atoms with E-state index in [1.165, 1.54) is 17.7 Å². The summed E-state index contributed by atoms with van der Waals surface area (Å²) >= 11 is 0. The summed E-state index contributed by atoms with van der Waals surface area (Å²) in [6.45, 7) is 3.95. The molecule has 0 radical (unpaired) electrons. The lowest BCUT2D eigenvalue weighted by molar-refractivity contribution is 0.0955. The van der Waals surface area contributed by atoms with Crippen LogP contribution in [0, 0.1) is 0 Å². The Kier molecular flexibility index (Phi) is 4.72. The maximum atomic E-state index is 11.9. The van der Waals surface area contributed by atoms with E-state index in [2.05, 4.69) is 29.6 Å². The van der Waals surface area contributed by atoms with Crippen LogP contribution in [0.15, 0.2) is 53.6 Å². The molecule has 0 atom stereocenters. The molecule has 0 aromatic heterocycles. The molecule has 0 aliphatic rings. The number of hydrogen-bond acceptors (Lipinski definition) is 3. The lowest BCUT2D eigenvalue weighted by Gasteiger charge is -2.04. The van der Waals surface area contributed by atoms with Gasteiger partial charge in [0, 0.05) is 5.56 Å². The summed E-state index contributed by atoms with van der Waals surface area (Å²) in [7, 11) is 0. The van der Waals surface area contributed by atoms with Gasteiger partial charge in [-0.3, -0.25) is 4.79 Å². The molecule has 0 spiro atoms. The van der Waals surface area contributed by atoms with Crippen molar-refractivity contribution in [2.45, 2.75) is 20.3 Å². The summed E-state index contributed by atoms with van der Waals surface area (Å²) in [6.07, 6.45) is 0.994. The Hall–Kier alpha value is -2.62. The van der Waals surface area contributed by atoms with E-state index in [-0.39, 0.29) is 11.7 Å². The number of aryl methyl sites for hydroxylation is 1. The molecule has 21 heavy (non-hydrogen) atoms. The number of phenolic OH excluding ortho intramolecular Hbond substituents is 1. The second kappa shape index (κ2) is 6.70. The SMILES string of the molecule is CCc1ccc(C(C)=NNC(=O)c2ccc(O)cc2)cc1. The normalized spacial score (nSPS) is 11.2. The molecule has 0 unspecified atom stereocenters. The summed E-state index contributed by atoms with van der Waals surface area (Å²) in [6, 6.07) is 14.1. The zero-order valence-electron chi connectivity index (χ0n) is 12.1. The van der Waals surface area contributed by atoms with Crippen LogP contribution in [-0.2, 0) is 6.42 Å².